The molecule has 1 aliphatic heterocycles. The highest BCUT2D eigenvalue weighted by Gasteiger charge is 2.27. The van der Waals surface area contributed by atoms with Gasteiger partial charge in [0.2, 0.25) is 11.8 Å². The number of anilines is 1. The van der Waals surface area contributed by atoms with Crippen molar-refractivity contribution in [2.24, 2.45) is 0 Å². The standard InChI is InChI=1S/C25H28FN5O5/c1-16(24(33)30-10-8-29(9-11-30)20-7-5-4-6-18(20)26)28-23(32)14-31-15-27-19-13-22(36-3)21(35-2)12-17(19)25(31)34/h4-7,12-13,15-16H,8-11,14H2,1-3H3,(H,28,32)/t16-/m1/s1. The Hall–Kier alpha value is -4.15. The number of aromatic nitrogens is 2. The number of benzene rings is 2. The van der Waals surface area contributed by atoms with Gasteiger partial charge in [-0.15, -0.1) is 0 Å². The minimum absolute atomic E-state index is 0.239. The molecule has 2 aromatic carbocycles. The summed E-state index contributed by atoms with van der Waals surface area (Å²) in [6.07, 6.45) is 1.28. The lowest BCUT2D eigenvalue weighted by atomic mass is 10.2. The van der Waals surface area contributed by atoms with Gasteiger partial charge in [-0.25, -0.2) is 9.37 Å². The van der Waals surface area contributed by atoms with E-state index in [0.29, 0.717) is 48.9 Å². The zero-order chi connectivity index (χ0) is 25.8. The maximum Gasteiger partial charge on any atom is 0.261 e. The third kappa shape index (κ3) is 5.09. The van der Waals surface area contributed by atoms with E-state index in [1.807, 2.05) is 4.90 Å². The Morgan fingerprint density at radius 2 is 1.75 bits per heavy atom. The van der Waals surface area contributed by atoms with E-state index in [0.717, 1.165) is 0 Å². The van der Waals surface area contributed by atoms with Crippen LogP contribution in [-0.2, 0) is 16.1 Å². The van der Waals surface area contributed by atoms with Crippen LogP contribution in [0.4, 0.5) is 10.1 Å². The van der Waals surface area contributed by atoms with Gasteiger partial charge >= 0.3 is 0 Å². The summed E-state index contributed by atoms with van der Waals surface area (Å²) >= 11 is 0. The molecule has 1 saturated heterocycles. The highest BCUT2D eigenvalue weighted by atomic mass is 19.1. The number of ether oxygens (including phenoxy) is 2. The third-order valence-corrected chi connectivity index (χ3v) is 6.18. The molecule has 3 aromatic rings. The Kier molecular flexibility index (Phi) is 7.37. The van der Waals surface area contributed by atoms with E-state index in [-0.39, 0.29) is 23.7 Å². The van der Waals surface area contributed by atoms with Gasteiger partial charge in [-0.1, -0.05) is 12.1 Å². The Labute approximate surface area is 207 Å². The Bertz CT molecular complexity index is 1340. The molecule has 4 rings (SSSR count). The number of fused-ring (bicyclic) bond motifs is 1. The number of carbonyl (C=O) groups is 2. The lowest BCUT2D eigenvalue weighted by Crippen LogP contribution is -2.54. The van der Waals surface area contributed by atoms with Gasteiger partial charge in [0.25, 0.3) is 5.56 Å². The summed E-state index contributed by atoms with van der Waals surface area (Å²) in [6.45, 7) is 3.09. The number of piperazine rings is 1. The fraction of sp³-hybridized carbons (Fsp3) is 0.360. The molecule has 0 unspecified atom stereocenters. The molecule has 11 heteroatoms. The number of nitrogens with zero attached hydrogens (tertiary/aromatic N) is 4. The topological polar surface area (TPSA) is 106 Å². The van der Waals surface area contributed by atoms with Crippen molar-refractivity contribution in [1.29, 1.82) is 0 Å². The van der Waals surface area contributed by atoms with Gasteiger partial charge in [0, 0.05) is 32.2 Å². The predicted octanol–water partition coefficient (Wildman–Crippen LogP) is 1.41. The first kappa shape index (κ1) is 25.0. The molecule has 0 aliphatic carbocycles. The molecule has 0 bridgehead atoms. The summed E-state index contributed by atoms with van der Waals surface area (Å²) in [6, 6.07) is 8.86. The Balaban J connectivity index is 1.37. The van der Waals surface area contributed by atoms with E-state index in [4.69, 9.17) is 9.47 Å². The first-order valence-corrected chi connectivity index (χ1v) is 11.5. The summed E-state index contributed by atoms with van der Waals surface area (Å²) < 4.78 is 25.7. The van der Waals surface area contributed by atoms with Gasteiger partial charge in [0.1, 0.15) is 18.4 Å². The molecule has 0 radical (unpaired) electrons. The van der Waals surface area contributed by atoms with Gasteiger partial charge in [-0.3, -0.25) is 19.0 Å². The number of halogens is 1. The van der Waals surface area contributed by atoms with Crippen LogP contribution in [0, 0.1) is 5.82 Å². The minimum Gasteiger partial charge on any atom is -0.493 e. The van der Waals surface area contributed by atoms with Crippen LogP contribution in [-0.4, -0.2) is 72.7 Å². The van der Waals surface area contributed by atoms with Crippen molar-refractivity contribution < 1.29 is 23.5 Å². The molecule has 0 saturated carbocycles. The monoisotopic (exact) mass is 497 g/mol. The second-order valence-corrected chi connectivity index (χ2v) is 8.45. The van der Waals surface area contributed by atoms with Crippen LogP contribution in [0.1, 0.15) is 6.92 Å². The van der Waals surface area contributed by atoms with Crippen molar-refractivity contribution in [3.63, 3.8) is 0 Å². The van der Waals surface area contributed by atoms with E-state index in [9.17, 15) is 18.8 Å². The highest BCUT2D eigenvalue weighted by molar-refractivity contribution is 5.87. The van der Waals surface area contributed by atoms with Crippen molar-refractivity contribution in [2.45, 2.75) is 19.5 Å². The van der Waals surface area contributed by atoms with Crippen LogP contribution in [0.25, 0.3) is 10.9 Å². The van der Waals surface area contributed by atoms with Crippen LogP contribution in [0.5, 0.6) is 11.5 Å². The lowest BCUT2D eigenvalue weighted by Gasteiger charge is -2.37. The number of hydrogen-bond donors (Lipinski definition) is 1. The summed E-state index contributed by atoms with van der Waals surface area (Å²) in [5, 5.41) is 2.94. The van der Waals surface area contributed by atoms with Crippen molar-refractivity contribution in [2.75, 3.05) is 45.3 Å². The summed E-state index contributed by atoms with van der Waals surface area (Å²) in [5.41, 5.74) is 0.503. The molecule has 1 aromatic heterocycles. The fourth-order valence-electron chi connectivity index (χ4n) is 4.25. The maximum absolute atomic E-state index is 14.1. The first-order valence-electron chi connectivity index (χ1n) is 11.5. The van der Waals surface area contributed by atoms with Crippen LogP contribution >= 0.6 is 0 Å². The van der Waals surface area contributed by atoms with Gasteiger partial charge in [-0.05, 0) is 25.1 Å². The van der Waals surface area contributed by atoms with Gasteiger partial charge < -0.3 is 24.6 Å². The summed E-state index contributed by atoms with van der Waals surface area (Å²) in [4.78, 5) is 46.2. The number of para-hydroxylation sites is 1. The van der Waals surface area contributed by atoms with E-state index in [1.54, 1.807) is 36.1 Å². The third-order valence-electron chi connectivity index (χ3n) is 6.18. The Morgan fingerprint density at radius 3 is 2.42 bits per heavy atom. The first-order chi connectivity index (χ1) is 17.3. The molecule has 1 atom stereocenters. The van der Waals surface area contributed by atoms with Gasteiger partial charge in [-0.2, -0.15) is 0 Å². The van der Waals surface area contributed by atoms with E-state index >= 15 is 0 Å². The molecule has 2 amide bonds. The average Bonchev–Trinajstić information content (AvgIpc) is 2.89. The number of nitrogens with one attached hydrogen (secondary N) is 1. The average molecular weight is 498 g/mol. The van der Waals surface area contributed by atoms with Crippen molar-refractivity contribution >= 4 is 28.4 Å². The summed E-state index contributed by atoms with van der Waals surface area (Å²) in [5.74, 6) is -0.217. The molecule has 1 aliphatic rings. The molecule has 36 heavy (non-hydrogen) atoms. The molecule has 1 N–H and O–H groups in total. The van der Waals surface area contributed by atoms with Crippen molar-refractivity contribution in [1.82, 2.24) is 19.8 Å². The molecular weight excluding hydrogens is 469 g/mol. The molecule has 1 fully saturated rings. The quantitative estimate of drug-likeness (QED) is 0.526. The van der Waals surface area contributed by atoms with E-state index in [2.05, 4.69) is 10.3 Å². The summed E-state index contributed by atoms with van der Waals surface area (Å²) in [7, 11) is 2.95. The van der Waals surface area contributed by atoms with Crippen LogP contribution in [0.2, 0.25) is 0 Å². The molecule has 10 nitrogen and oxygen atoms in total. The smallest absolute Gasteiger partial charge is 0.261 e. The molecule has 190 valence electrons. The zero-order valence-corrected chi connectivity index (χ0v) is 20.4. The molecular formula is C25H28FN5O5. The number of hydrogen-bond acceptors (Lipinski definition) is 7. The van der Waals surface area contributed by atoms with Gasteiger partial charge in [0.15, 0.2) is 11.5 Å². The van der Waals surface area contributed by atoms with Gasteiger partial charge in [0.05, 0.1) is 37.1 Å². The molecule has 2 heterocycles. The lowest BCUT2D eigenvalue weighted by molar-refractivity contribution is -0.136. The number of rotatable bonds is 7. The molecule has 0 spiro atoms. The van der Waals surface area contributed by atoms with Crippen LogP contribution in [0.15, 0.2) is 47.5 Å². The van der Waals surface area contributed by atoms with Crippen molar-refractivity contribution in [3.8, 4) is 11.5 Å². The maximum atomic E-state index is 14.1. The number of carbonyl (C=O) groups excluding carboxylic acids is 2. The van der Waals surface area contributed by atoms with E-state index in [1.165, 1.54) is 37.2 Å². The second kappa shape index (κ2) is 10.6. The zero-order valence-electron chi connectivity index (χ0n) is 20.4. The normalized spacial score (nSPS) is 14.4. The number of amides is 2. The largest absolute Gasteiger partial charge is 0.493 e. The van der Waals surface area contributed by atoms with E-state index < -0.39 is 17.5 Å². The predicted molar refractivity (Wildman–Crippen MR) is 132 cm³/mol. The fourth-order valence-corrected chi connectivity index (χ4v) is 4.25. The van der Waals surface area contributed by atoms with Crippen LogP contribution < -0.4 is 25.2 Å². The Morgan fingerprint density at radius 1 is 1.08 bits per heavy atom. The minimum atomic E-state index is -0.786. The number of methoxy groups -OCH3 is 2. The van der Waals surface area contributed by atoms with Crippen LogP contribution in [0.3, 0.4) is 0 Å². The second-order valence-electron chi connectivity index (χ2n) is 8.45. The SMILES string of the molecule is COc1cc2ncn(CC(=O)N[C@H](C)C(=O)N3CCN(c4ccccc4F)CC3)c(=O)c2cc1OC. The van der Waals surface area contributed by atoms with Crippen molar-refractivity contribution in [3.05, 3.63) is 58.9 Å². The highest BCUT2D eigenvalue weighted by Crippen LogP contribution is 2.29.